The first-order valence-corrected chi connectivity index (χ1v) is 7.08. The smallest absolute Gasteiger partial charge is 0.326 e. The lowest BCUT2D eigenvalue weighted by atomic mass is 9.98. The minimum absolute atomic E-state index is 0.326. The Morgan fingerprint density at radius 3 is 2.50 bits per heavy atom. The van der Waals surface area contributed by atoms with Gasteiger partial charge in [-0.05, 0) is 5.92 Å². The molecule has 1 aliphatic rings. The van der Waals surface area contributed by atoms with Gasteiger partial charge >= 0.3 is 16.2 Å². The molecule has 1 amide bonds. The molecule has 1 fully saturated rings. The molecule has 1 rings (SSSR count). The monoisotopic (exact) mass is 281 g/mol. The Morgan fingerprint density at radius 2 is 2.17 bits per heavy atom. The highest BCUT2D eigenvalue weighted by atomic mass is 32.3. The van der Waals surface area contributed by atoms with Crippen molar-refractivity contribution in [3.8, 4) is 0 Å². The summed E-state index contributed by atoms with van der Waals surface area (Å²) in [6, 6.07) is -1.10. The maximum Gasteiger partial charge on any atom is 0.326 e. The number of carboxylic acid groups (broad SMARTS) is 1. The number of aliphatic carboxylic acids is 1. The third-order valence-electron chi connectivity index (χ3n) is 3.29. The van der Waals surface area contributed by atoms with Crippen molar-refractivity contribution in [2.24, 2.45) is 5.92 Å². The molecule has 1 unspecified atom stereocenters. The quantitative estimate of drug-likeness (QED) is 0.736. The van der Waals surface area contributed by atoms with Gasteiger partial charge in [0.2, 0.25) is 5.91 Å². The summed E-state index contributed by atoms with van der Waals surface area (Å²) in [5.41, 5.74) is 0. The first-order valence-electron chi connectivity index (χ1n) is 5.64. The van der Waals surface area contributed by atoms with Crippen LogP contribution in [-0.2, 0) is 19.8 Å². The van der Waals surface area contributed by atoms with Crippen molar-refractivity contribution in [2.45, 2.75) is 38.0 Å². The van der Waals surface area contributed by atoms with E-state index in [1.807, 2.05) is 0 Å². The molecule has 1 N–H and O–H groups in total. The summed E-state index contributed by atoms with van der Waals surface area (Å²) in [7, 11) is -4.82. The van der Waals surface area contributed by atoms with E-state index in [9.17, 15) is 21.9 Å². The number of carboxylic acids is 1. The third-order valence-corrected chi connectivity index (χ3v) is 4.40. The van der Waals surface area contributed by atoms with E-state index in [-0.39, 0.29) is 12.5 Å². The second-order valence-corrected chi connectivity index (χ2v) is 6.13. The lowest BCUT2D eigenvalue weighted by molar-refractivity contribution is -0.150. The van der Waals surface area contributed by atoms with Gasteiger partial charge in [-0.2, -0.15) is 8.42 Å². The van der Waals surface area contributed by atoms with E-state index in [2.05, 4.69) is 0 Å². The van der Waals surface area contributed by atoms with Crippen LogP contribution in [0.3, 0.4) is 0 Å². The lowest BCUT2D eigenvalue weighted by Crippen LogP contribution is -2.46. The van der Waals surface area contributed by atoms with Crippen LogP contribution in [0.15, 0.2) is 0 Å². The number of hydrogen-bond acceptors (Lipinski definition) is 4. The topological polar surface area (TPSA) is 91.8 Å². The maximum absolute atomic E-state index is 12.8. The molecule has 1 heterocycles. The van der Waals surface area contributed by atoms with Crippen LogP contribution in [-0.4, -0.2) is 48.1 Å². The van der Waals surface area contributed by atoms with Crippen molar-refractivity contribution in [1.82, 2.24) is 4.90 Å². The largest absolute Gasteiger partial charge is 0.480 e. The minimum Gasteiger partial charge on any atom is -0.480 e. The number of nitrogens with zero attached hydrogens (tertiary/aromatic N) is 1. The molecule has 6 nitrogen and oxygen atoms in total. The van der Waals surface area contributed by atoms with Crippen LogP contribution >= 0.6 is 0 Å². The highest BCUT2D eigenvalue weighted by Crippen LogP contribution is 2.25. The van der Waals surface area contributed by atoms with Gasteiger partial charge in [0.1, 0.15) is 11.3 Å². The van der Waals surface area contributed by atoms with Gasteiger partial charge in [0.25, 0.3) is 0 Å². The summed E-state index contributed by atoms with van der Waals surface area (Å²) in [5, 5.41) is 7.66. The van der Waals surface area contributed by atoms with Crippen molar-refractivity contribution in [1.29, 1.82) is 0 Å². The molecule has 0 aliphatic carbocycles. The summed E-state index contributed by atoms with van der Waals surface area (Å²) in [6.07, 6.45) is 0.0346. The molecule has 0 aromatic carbocycles. The van der Waals surface area contributed by atoms with E-state index in [0.717, 1.165) is 4.90 Å². The number of carbonyl (C=O) groups excluding carboxylic acids is 1. The molecule has 0 spiro atoms. The number of rotatable bonds is 5. The van der Waals surface area contributed by atoms with Gasteiger partial charge in [0, 0.05) is 13.0 Å². The standard InChI is InChI=1S/C10H16FNO5S/c1-3-6(2)9(10(14)15)12-5-7(4-8(12)13)18(11,16)17/h6-7,9H,3-5H2,1-2H3,(H,14,15)/t6-,7?,9-/m0/s1. The molecular formula is C10H16FNO5S. The second-order valence-electron chi connectivity index (χ2n) is 4.52. The van der Waals surface area contributed by atoms with E-state index < -0.39 is 39.8 Å². The average Bonchev–Trinajstić information content (AvgIpc) is 2.60. The maximum atomic E-state index is 12.8. The van der Waals surface area contributed by atoms with Gasteiger partial charge in [0.05, 0.1) is 0 Å². The van der Waals surface area contributed by atoms with Gasteiger partial charge in [-0.3, -0.25) is 4.79 Å². The number of halogens is 1. The Labute approximate surface area is 105 Å². The van der Waals surface area contributed by atoms with Crippen molar-refractivity contribution in [3.63, 3.8) is 0 Å². The molecular weight excluding hydrogens is 265 g/mol. The first kappa shape index (κ1) is 14.9. The predicted molar refractivity (Wildman–Crippen MR) is 61.0 cm³/mol. The Bertz CT molecular complexity index is 449. The number of hydrogen-bond donors (Lipinski definition) is 1. The Morgan fingerprint density at radius 1 is 1.61 bits per heavy atom. The average molecular weight is 281 g/mol. The van der Waals surface area contributed by atoms with Crippen LogP contribution in [0.2, 0.25) is 0 Å². The third kappa shape index (κ3) is 2.98. The van der Waals surface area contributed by atoms with Crippen LogP contribution in [0.5, 0.6) is 0 Å². The zero-order valence-electron chi connectivity index (χ0n) is 10.2. The van der Waals surface area contributed by atoms with Crippen molar-refractivity contribution < 1.29 is 27.0 Å². The normalized spacial score (nSPS) is 24.1. The molecule has 0 radical (unpaired) electrons. The zero-order chi connectivity index (χ0) is 14.1. The molecule has 1 aliphatic heterocycles. The van der Waals surface area contributed by atoms with Gasteiger partial charge < -0.3 is 10.0 Å². The van der Waals surface area contributed by atoms with E-state index in [0.29, 0.717) is 6.42 Å². The van der Waals surface area contributed by atoms with Gasteiger partial charge in [0.15, 0.2) is 0 Å². The molecule has 3 atom stereocenters. The molecule has 0 aromatic rings. The Hall–Kier alpha value is -1.18. The van der Waals surface area contributed by atoms with Gasteiger partial charge in [-0.15, -0.1) is 3.89 Å². The van der Waals surface area contributed by atoms with Crippen LogP contribution in [0.4, 0.5) is 3.89 Å². The molecule has 0 bridgehead atoms. The van der Waals surface area contributed by atoms with Crippen molar-refractivity contribution >= 4 is 22.1 Å². The molecule has 0 aromatic heterocycles. The summed E-state index contributed by atoms with van der Waals surface area (Å²) in [4.78, 5) is 23.7. The van der Waals surface area contributed by atoms with Crippen LogP contribution in [0.1, 0.15) is 26.7 Å². The molecule has 0 saturated carbocycles. The van der Waals surface area contributed by atoms with Crippen LogP contribution in [0, 0.1) is 5.92 Å². The highest BCUT2D eigenvalue weighted by molar-refractivity contribution is 7.87. The van der Waals surface area contributed by atoms with E-state index >= 15 is 0 Å². The zero-order valence-corrected chi connectivity index (χ0v) is 11.0. The van der Waals surface area contributed by atoms with Gasteiger partial charge in [-0.1, -0.05) is 20.3 Å². The number of likely N-dealkylation sites (tertiary alicyclic amines) is 1. The van der Waals surface area contributed by atoms with E-state index in [1.54, 1.807) is 13.8 Å². The fraction of sp³-hybridized carbons (Fsp3) is 0.800. The van der Waals surface area contributed by atoms with E-state index in [4.69, 9.17) is 5.11 Å². The SMILES string of the molecule is CC[C@H](C)[C@@H](C(=O)O)N1CC(S(=O)(=O)F)CC1=O. The Kier molecular flexibility index (Phi) is 4.31. The number of amides is 1. The van der Waals surface area contributed by atoms with E-state index in [1.165, 1.54) is 0 Å². The minimum atomic E-state index is -4.82. The summed E-state index contributed by atoms with van der Waals surface area (Å²) >= 11 is 0. The summed E-state index contributed by atoms with van der Waals surface area (Å²) < 4.78 is 34.4. The van der Waals surface area contributed by atoms with Crippen molar-refractivity contribution in [2.75, 3.05) is 6.54 Å². The molecule has 18 heavy (non-hydrogen) atoms. The number of carbonyl (C=O) groups is 2. The summed E-state index contributed by atoms with van der Waals surface area (Å²) in [5.74, 6) is -2.16. The molecule has 104 valence electrons. The Balaban J connectivity index is 2.95. The van der Waals surface area contributed by atoms with Gasteiger partial charge in [-0.25, -0.2) is 4.79 Å². The predicted octanol–water partition coefficient (Wildman–Crippen LogP) is 0.386. The highest BCUT2D eigenvalue weighted by Gasteiger charge is 2.44. The fourth-order valence-electron chi connectivity index (χ4n) is 2.06. The molecule has 1 saturated heterocycles. The van der Waals surface area contributed by atoms with Crippen molar-refractivity contribution in [3.05, 3.63) is 0 Å². The summed E-state index contributed by atoms with van der Waals surface area (Å²) in [6.45, 7) is 3.03. The van der Waals surface area contributed by atoms with Crippen LogP contribution in [0.25, 0.3) is 0 Å². The van der Waals surface area contributed by atoms with Crippen LogP contribution < -0.4 is 0 Å². The lowest BCUT2D eigenvalue weighted by Gasteiger charge is -2.28. The molecule has 8 heteroatoms. The fourth-order valence-corrected chi connectivity index (χ4v) is 2.74. The second kappa shape index (κ2) is 5.21. The first-order chi connectivity index (χ1) is 8.18.